The number of carbonyl (C=O) groups is 3. The second kappa shape index (κ2) is 11.5. The highest BCUT2D eigenvalue weighted by Gasteiger charge is 2.35. The SMILES string of the molecule is CC(C)C[C@@H](NC(=O)c1cc2ccccc2s1)C(=O)N[C@@H]1CCCN(S(=O)(=O)c2ccccn2)CC1=O. The molecule has 3 aromatic rings. The highest BCUT2D eigenvalue weighted by Crippen LogP contribution is 2.25. The standard InChI is InChI=1S/C26H30N4O5S2/c1-17(2)14-20(29-26(33)23-15-18-8-3-4-10-22(18)36-23)25(32)28-19-9-7-13-30(16-21(19)31)37(34,35)24-11-5-6-12-27-24/h3-6,8,10-12,15,17,19-20H,7,9,13-14,16H2,1-2H3,(H,28,32)(H,29,33)/t19-,20-/m1/s1. The molecule has 0 saturated carbocycles. The molecule has 1 saturated heterocycles. The van der Waals surface area contributed by atoms with Gasteiger partial charge in [-0.05, 0) is 54.8 Å². The Morgan fingerprint density at radius 2 is 1.92 bits per heavy atom. The summed E-state index contributed by atoms with van der Waals surface area (Å²) >= 11 is 1.35. The molecular weight excluding hydrogens is 512 g/mol. The van der Waals surface area contributed by atoms with Crippen LogP contribution in [0.15, 0.2) is 59.8 Å². The number of nitrogens with one attached hydrogen (secondary N) is 2. The van der Waals surface area contributed by atoms with Gasteiger partial charge in [-0.3, -0.25) is 14.4 Å². The predicted octanol–water partition coefficient (Wildman–Crippen LogP) is 2.98. The molecule has 0 radical (unpaired) electrons. The molecule has 9 nitrogen and oxygen atoms in total. The van der Waals surface area contributed by atoms with Crippen LogP contribution in [0.25, 0.3) is 10.1 Å². The first-order valence-electron chi connectivity index (χ1n) is 12.2. The number of ketones is 1. The third-order valence-electron chi connectivity index (χ3n) is 6.16. The molecule has 0 aliphatic carbocycles. The molecule has 196 valence electrons. The Hall–Kier alpha value is -3.15. The Morgan fingerprint density at radius 3 is 2.62 bits per heavy atom. The molecule has 4 rings (SSSR count). The maximum atomic E-state index is 13.2. The van der Waals surface area contributed by atoms with Gasteiger partial charge in [0.1, 0.15) is 6.04 Å². The van der Waals surface area contributed by atoms with Gasteiger partial charge in [-0.25, -0.2) is 13.4 Å². The van der Waals surface area contributed by atoms with E-state index in [2.05, 4.69) is 15.6 Å². The highest BCUT2D eigenvalue weighted by atomic mass is 32.2. The summed E-state index contributed by atoms with van der Waals surface area (Å²) in [5, 5.41) is 6.44. The quantitative estimate of drug-likeness (QED) is 0.451. The van der Waals surface area contributed by atoms with Gasteiger partial charge < -0.3 is 10.6 Å². The number of benzene rings is 1. The van der Waals surface area contributed by atoms with Crippen molar-refractivity contribution in [2.75, 3.05) is 13.1 Å². The zero-order valence-corrected chi connectivity index (χ0v) is 22.3. The molecule has 0 spiro atoms. The number of hydrogen-bond donors (Lipinski definition) is 2. The molecule has 37 heavy (non-hydrogen) atoms. The zero-order valence-electron chi connectivity index (χ0n) is 20.7. The van der Waals surface area contributed by atoms with E-state index < -0.39 is 33.8 Å². The topological polar surface area (TPSA) is 126 Å². The minimum absolute atomic E-state index is 0.113. The van der Waals surface area contributed by atoms with Gasteiger partial charge in [0.2, 0.25) is 5.91 Å². The summed E-state index contributed by atoms with van der Waals surface area (Å²) in [6, 6.07) is 12.4. The minimum Gasteiger partial charge on any atom is -0.344 e. The van der Waals surface area contributed by atoms with E-state index >= 15 is 0 Å². The molecular formula is C26H30N4O5S2. The van der Waals surface area contributed by atoms with Crippen molar-refractivity contribution in [2.24, 2.45) is 5.92 Å². The van der Waals surface area contributed by atoms with Crippen LogP contribution in [-0.2, 0) is 19.6 Å². The average molecular weight is 543 g/mol. The molecule has 2 amide bonds. The molecule has 1 fully saturated rings. The summed E-state index contributed by atoms with van der Waals surface area (Å²) in [5.74, 6) is -1.09. The van der Waals surface area contributed by atoms with Crippen LogP contribution in [0.5, 0.6) is 0 Å². The molecule has 1 aliphatic rings. The van der Waals surface area contributed by atoms with Gasteiger partial charge in [-0.2, -0.15) is 4.31 Å². The van der Waals surface area contributed by atoms with Crippen LogP contribution in [0, 0.1) is 5.92 Å². The fourth-order valence-corrected chi connectivity index (χ4v) is 6.63. The second-order valence-corrected chi connectivity index (χ2v) is 12.4. The maximum Gasteiger partial charge on any atom is 0.262 e. The van der Waals surface area contributed by atoms with Crippen LogP contribution in [-0.4, -0.2) is 60.5 Å². The number of nitrogens with zero attached hydrogens (tertiary/aromatic N) is 2. The molecule has 1 aliphatic heterocycles. The van der Waals surface area contributed by atoms with Crippen LogP contribution >= 0.6 is 11.3 Å². The smallest absolute Gasteiger partial charge is 0.262 e. The summed E-state index contributed by atoms with van der Waals surface area (Å²) in [6.45, 7) is 3.69. The molecule has 0 bridgehead atoms. The summed E-state index contributed by atoms with van der Waals surface area (Å²) in [6.07, 6.45) is 2.48. The molecule has 2 N–H and O–H groups in total. The predicted molar refractivity (Wildman–Crippen MR) is 142 cm³/mol. The van der Waals surface area contributed by atoms with Gasteiger partial charge in [0.25, 0.3) is 15.9 Å². The fraction of sp³-hybridized carbons (Fsp3) is 0.385. The van der Waals surface area contributed by atoms with E-state index in [4.69, 9.17) is 0 Å². The lowest BCUT2D eigenvalue weighted by molar-refractivity contribution is -0.129. The molecule has 2 atom stereocenters. The number of pyridine rings is 1. The van der Waals surface area contributed by atoms with E-state index in [9.17, 15) is 22.8 Å². The van der Waals surface area contributed by atoms with Gasteiger partial charge in [0.05, 0.1) is 17.5 Å². The van der Waals surface area contributed by atoms with E-state index in [1.165, 1.54) is 23.6 Å². The van der Waals surface area contributed by atoms with E-state index in [0.717, 1.165) is 14.4 Å². The molecule has 3 heterocycles. The van der Waals surface area contributed by atoms with Crippen LogP contribution in [0.4, 0.5) is 0 Å². The Kier molecular flexibility index (Phi) is 8.35. The largest absolute Gasteiger partial charge is 0.344 e. The number of rotatable bonds is 8. The Morgan fingerprint density at radius 1 is 1.16 bits per heavy atom. The third kappa shape index (κ3) is 6.41. The zero-order chi connectivity index (χ0) is 26.6. The number of thiophene rings is 1. The second-order valence-electron chi connectivity index (χ2n) is 9.48. The monoisotopic (exact) mass is 542 g/mol. The van der Waals surface area contributed by atoms with Crippen LogP contribution < -0.4 is 10.6 Å². The van der Waals surface area contributed by atoms with E-state index in [1.807, 2.05) is 38.1 Å². The Labute approximate surface area is 220 Å². The van der Waals surface area contributed by atoms with Crippen molar-refractivity contribution in [2.45, 2.75) is 50.2 Å². The van der Waals surface area contributed by atoms with Gasteiger partial charge in [0.15, 0.2) is 10.8 Å². The number of Topliss-reactive ketones (excluding diaryl/α,β-unsaturated/α-hetero) is 1. The van der Waals surface area contributed by atoms with Crippen molar-refractivity contribution in [3.05, 3.63) is 59.6 Å². The number of carbonyl (C=O) groups excluding carboxylic acids is 3. The van der Waals surface area contributed by atoms with Crippen molar-refractivity contribution in [1.29, 1.82) is 0 Å². The van der Waals surface area contributed by atoms with Gasteiger partial charge in [0, 0.05) is 17.4 Å². The van der Waals surface area contributed by atoms with Crippen molar-refractivity contribution < 1.29 is 22.8 Å². The first kappa shape index (κ1) is 26.9. The van der Waals surface area contributed by atoms with Crippen molar-refractivity contribution in [1.82, 2.24) is 19.9 Å². The number of sulfonamides is 1. The van der Waals surface area contributed by atoms with Crippen LogP contribution in [0.2, 0.25) is 0 Å². The third-order valence-corrected chi connectivity index (χ3v) is 9.03. The number of aromatic nitrogens is 1. The number of amides is 2. The van der Waals surface area contributed by atoms with Crippen LogP contribution in [0.1, 0.15) is 42.8 Å². The lowest BCUT2D eigenvalue weighted by Crippen LogP contribution is -2.52. The molecule has 2 aromatic heterocycles. The summed E-state index contributed by atoms with van der Waals surface area (Å²) in [7, 11) is -3.93. The Balaban J connectivity index is 1.44. The van der Waals surface area contributed by atoms with Gasteiger partial charge in [-0.15, -0.1) is 11.3 Å². The van der Waals surface area contributed by atoms with E-state index in [-0.39, 0.29) is 29.9 Å². The van der Waals surface area contributed by atoms with Crippen molar-refractivity contribution >= 4 is 49.0 Å². The molecule has 1 aromatic carbocycles. The average Bonchev–Trinajstić information content (AvgIpc) is 3.23. The van der Waals surface area contributed by atoms with E-state index in [1.54, 1.807) is 18.2 Å². The number of hydrogen-bond acceptors (Lipinski definition) is 7. The van der Waals surface area contributed by atoms with Gasteiger partial charge >= 0.3 is 0 Å². The summed E-state index contributed by atoms with van der Waals surface area (Å²) < 4.78 is 28.0. The minimum atomic E-state index is -3.93. The normalized spacial score (nSPS) is 17.9. The van der Waals surface area contributed by atoms with E-state index in [0.29, 0.717) is 24.1 Å². The number of fused-ring (bicyclic) bond motifs is 1. The first-order chi connectivity index (χ1) is 17.6. The Bertz CT molecular complexity index is 1360. The van der Waals surface area contributed by atoms with Gasteiger partial charge in [-0.1, -0.05) is 38.1 Å². The fourth-order valence-electron chi connectivity index (χ4n) is 4.28. The first-order valence-corrected chi connectivity index (χ1v) is 14.4. The summed E-state index contributed by atoms with van der Waals surface area (Å²) in [5.41, 5.74) is 0. The summed E-state index contributed by atoms with van der Waals surface area (Å²) in [4.78, 5) is 43.6. The lowest BCUT2D eigenvalue weighted by Gasteiger charge is -2.23. The molecule has 11 heteroatoms. The lowest BCUT2D eigenvalue weighted by atomic mass is 10.0. The van der Waals surface area contributed by atoms with Crippen molar-refractivity contribution in [3.8, 4) is 0 Å². The molecule has 0 unspecified atom stereocenters. The van der Waals surface area contributed by atoms with Crippen LogP contribution in [0.3, 0.4) is 0 Å². The maximum absolute atomic E-state index is 13.2. The van der Waals surface area contributed by atoms with Crippen molar-refractivity contribution in [3.63, 3.8) is 0 Å². The highest BCUT2D eigenvalue weighted by molar-refractivity contribution is 7.89.